The molecule has 0 saturated heterocycles. The van der Waals surface area contributed by atoms with Crippen molar-refractivity contribution in [3.63, 3.8) is 0 Å². The summed E-state index contributed by atoms with van der Waals surface area (Å²) in [6.45, 7) is 7.70. The van der Waals surface area contributed by atoms with Crippen molar-refractivity contribution < 1.29 is 27.5 Å². The van der Waals surface area contributed by atoms with Crippen LogP contribution in [0.4, 0.5) is 9.59 Å². The molecule has 11 heteroatoms. The van der Waals surface area contributed by atoms with Crippen molar-refractivity contribution >= 4 is 44.8 Å². The molecule has 41 heavy (non-hydrogen) atoms. The third-order valence-electron chi connectivity index (χ3n) is 6.53. The highest BCUT2D eigenvalue weighted by atomic mass is 127. The summed E-state index contributed by atoms with van der Waals surface area (Å²) in [7, 11) is -3.49. The Balaban J connectivity index is 4.00. The predicted molar refractivity (Wildman–Crippen MR) is 177 cm³/mol. The molecule has 0 aromatic rings. The van der Waals surface area contributed by atoms with Crippen LogP contribution < -0.4 is 15.4 Å². The highest BCUT2D eigenvalue weighted by Crippen LogP contribution is 2.13. The maximum atomic E-state index is 12.2. The summed E-state index contributed by atoms with van der Waals surface area (Å²) in [5.74, 6) is -0.00422. The quantitative estimate of drug-likeness (QED) is 0.0481. The monoisotopic (exact) mass is 717 g/mol. The number of hydrogen-bond acceptors (Lipinski definition) is 6. The zero-order chi connectivity index (χ0) is 30.8. The SMILES string of the molecule is CCCCCCCCCCCCCCCCCCNC(=O)OCC(CNS(=O)(=O)CCCI)NC(=O)OC(C)(C)C. The molecular weight excluding hydrogens is 657 g/mol. The summed E-state index contributed by atoms with van der Waals surface area (Å²) in [5.41, 5.74) is -0.709. The molecule has 3 N–H and O–H groups in total. The first-order valence-electron chi connectivity index (χ1n) is 15.9. The number of alkyl halides is 1. The molecule has 244 valence electrons. The van der Waals surface area contributed by atoms with E-state index in [1.807, 2.05) is 0 Å². The molecular formula is C30H60IN3O6S. The van der Waals surface area contributed by atoms with Gasteiger partial charge in [0.25, 0.3) is 0 Å². The average Bonchev–Trinajstić information content (AvgIpc) is 2.89. The summed E-state index contributed by atoms with van der Waals surface area (Å²) in [4.78, 5) is 24.3. The van der Waals surface area contributed by atoms with Crippen LogP contribution in [0.25, 0.3) is 0 Å². The van der Waals surface area contributed by atoms with Gasteiger partial charge in [-0.25, -0.2) is 22.7 Å². The Morgan fingerprint density at radius 1 is 0.756 bits per heavy atom. The second-order valence-electron chi connectivity index (χ2n) is 11.9. The summed E-state index contributed by atoms with van der Waals surface area (Å²) in [5, 5.41) is 5.32. The molecule has 0 rings (SSSR count). The number of alkyl carbamates (subject to hydrolysis) is 2. The summed E-state index contributed by atoms with van der Waals surface area (Å²) in [6, 6.07) is -0.763. The van der Waals surface area contributed by atoms with Crippen LogP contribution in [0.3, 0.4) is 0 Å². The van der Waals surface area contributed by atoms with Crippen LogP contribution in [0.15, 0.2) is 0 Å². The number of carbonyl (C=O) groups is 2. The Bertz CT molecular complexity index is 762. The molecule has 1 unspecified atom stereocenters. The van der Waals surface area contributed by atoms with Gasteiger partial charge in [-0.05, 0) is 33.6 Å². The van der Waals surface area contributed by atoms with Crippen LogP contribution in [0.5, 0.6) is 0 Å². The van der Waals surface area contributed by atoms with Crippen LogP contribution in [0, 0.1) is 0 Å². The molecule has 0 saturated carbocycles. The van der Waals surface area contributed by atoms with E-state index in [9.17, 15) is 18.0 Å². The molecule has 0 aliphatic carbocycles. The largest absolute Gasteiger partial charge is 0.447 e. The summed E-state index contributed by atoms with van der Waals surface area (Å²) in [6.07, 6.45) is 19.9. The van der Waals surface area contributed by atoms with Gasteiger partial charge in [-0.15, -0.1) is 0 Å². The van der Waals surface area contributed by atoms with Crippen molar-refractivity contribution in [2.24, 2.45) is 0 Å². The van der Waals surface area contributed by atoms with E-state index in [-0.39, 0.29) is 18.9 Å². The van der Waals surface area contributed by atoms with Crippen molar-refractivity contribution in [3.05, 3.63) is 0 Å². The van der Waals surface area contributed by atoms with Crippen molar-refractivity contribution in [1.29, 1.82) is 0 Å². The molecule has 9 nitrogen and oxygen atoms in total. The van der Waals surface area contributed by atoms with E-state index >= 15 is 0 Å². The normalized spacial score (nSPS) is 12.6. The van der Waals surface area contributed by atoms with Gasteiger partial charge in [0.05, 0.1) is 11.8 Å². The van der Waals surface area contributed by atoms with Crippen molar-refractivity contribution in [2.75, 3.05) is 29.9 Å². The Hall–Kier alpha value is -0.820. The maximum absolute atomic E-state index is 12.2. The van der Waals surface area contributed by atoms with Gasteiger partial charge < -0.3 is 20.1 Å². The Morgan fingerprint density at radius 2 is 1.24 bits per heavy atom. The van der Waals surface area contributed by atoms with Crippen LogP contribution in [-0.4, -0.2) is 62.1 Å². The number of amides is 2. The Labute approximate surface area is 265 Å². The lowest BCUT2D eigenvalue weighted by molar-refractivity contribution is 0.0473. The minimum Gasteiger partial charge on any atom is -0.447 e. The van der Waals surface area contributed by atoms with Crippen LogP contribution >= 0.6 is 22.6 Å². The fraction of sp³-hybridized carbons (Fsp3) is 0.933. The second-order valence-corrected chi connectivity index (χ2v) is 14.9. The number of hydrogen-bond donors (Lipinski definition) is 3. The van der Waals surface area contributed by atoms with Gasteiger partial charge in [-0.1, -0.05) is 126 Å². The smallest absolute Gasteiger partial charge is 0.408 e. The Kier molecular flexibility index (Phi) is 25.1. The second kappa shape index (κ2) is 25.7. The number of ether oxygens (including phenoxy) is 2. The van der Waals surface area contributed by atoms with Gasteiger partial charge in [-0.3, -0.25) is 0 Å². The molecule has 0 radical (unpaired) electrons. The number of nitrogens with one attached hydrogen (secondary N) is 3. The molecule has 0 fully saturated rings. The molecule has 0 spiro atoms. The number of unbranched alkanes of at least 4 members (excludes halogenated alkanes) is 15. The molecule has 0 heterocycles. The average molecular weight is 718 g/mol. The van der Waals surface area contributed by atoms with E-state index in [2.05, 4.69) is 44.9 Å². The number of sulfonamides is 1. The number of rotatable bonds is 26. The predicted octanol–water partition coefficient (Wildman–Crippen LogP) is 7.61. The van der Waals surface area contributed by atoms with Gasteiger partial charge >= 0.3 is 12.2 Å². The van der Waals surface area contributed by atoms with E-state index in [1.54, 1.807) is 20.8 Å². The Morgan fingerprint density at radius 3 is 1.71 bits per heavy atom. The maximum Gasteiger partial charge on any atom is 0.408 e. The first-order valence-corrected chi connectivity index (χ1v) is 19.1. The fourth-order valence-corrected chi connectivity index (χ4v) is 6.28. The lowest BCUT2D eigenvalue weighted by Gasteiger charge is -2.23. The third-order valence-corrected chi connectivity index (χ3v) is 8.73. The highest BCUT2D eigenvalue weighted by Gasteiger charge is 2.22. The first-order chi connectivity index (χ1) is 19.5. The zero-order valence-corrected chi connectivity index (χ0v) is 29.3. The van der Waals surface area contributed by atoms with Gasteiger partial charge in [0.2, 0.25) is 10.0 Å². The zero-order valence-electron chi connectivity index (χ0n) is 26.4. The minimum atomic E-state index is -3.49. The summed E-state index contributed by atoms with van der Waals surface area (Å²) >= 11 is 2.12. The molecule has 0 aromatic carbocycles. The van der Waals surface area contributed by atoms with Gasteiger partial charge in [0, 0.05) is 17.5 Å². The van der Waals surface area contributed by atoms with Gasteiger partial charge in [0.15, 0.2) is 0 Å². The molecule has 1 atom stereocenters. The summed E-state index contributed by atoms with van der Waals surface area (Å²) < 4.78 is 38.0. The number of carbonyl (C=O) groups excluding carboxylic acids is 2. The van der Waals surface area contributed by atoms with Crippen molar-refractivity contribution in [3.8, 4) is 0 Å². The van der Waals surface area contributed by atoms with Crippen molar-refractivity contribution in [2.45, 2.75) is 148 Å². The van der Waals surface area contributed by atoms with Crippen molar-refractivity contribution in [1.82, 2.24) is 15.4 Å². The molecule has 0 aliphatic heterocycles. The van der Waals surface area contributed by atoms with Crippen LogP contribution in [0.1, 0.15) is 137 Å². The van der Waals surface area contributed by atoms with Crippen LogP contribution in [0.2, 0.25) is 0 Å². The van der Waals surface area contributed by atoms with E-state index in [0.29, 0.717) is 13.0 Å². The standard InChI is InChI=1S/C30H60IN3O6S/c1-5-6-7-8-9-10-11-12-13-14-15-16-17-18-19-20-23-32-28(35)39-26-27(34-29(36)40-30(2,3)4)25-33-41(37,38)24-21-22-31/h27,33H,5-26H2,1-4H3,(H,32,35)(H,34,36). The van der Waals surface area contributed by atoms with E-state index in [0.717, 1.165) is 23.7 Å². The molecule has 2 amide bonds. The minimum absolute atomic E-state index is 0.00422. The van der Waals surface area contributed by atoms with Gasteiger partial charge in [0.1, 0.15) is 12.2 Å². The number of halogens is 1. The fourth-order valence-electron chi connectivity index (χ4n) is 4.26. The van der Waals surface area contributed by atoms with E-state index < -0.39 is 33.9 Å². The lowest BCUT2D eigenvalue weighted by atomic mass is 10.0. The van der Waals surface area contributed by atoms with Gasteiger partial charge in [-0.2, -0.15) is 0 Å². The van der Waals surface area contributed by atoms with Crippen LogP contribution in [-0.2, 0) is 19.5 Å². The molecule has 0 aliphatic rings. The molecule has 0 aromatic heterocycles. The topological polar surface area (TPSA) is 123 Å². The first kappa shape index (κ1) is 40.2. The molecule has 0 bridgehead atoms. The van der Waals surface area contributed by atoms with E-state index in [1.165, 1.54) is 83.5 Å². The third kappa shape index (κ3) is 29.0. The lowest BCUT2D eigenvalue weighted by Crippen LogP contribution is -2.48. The van der Waals surface area contributed by atoms with E-state index in [4.69, 9.17) is 9.47 Å². The highest BCUT2D eigenvalue weighted by molar-refractivity contribution is 14.1.